The highest BCUT2D eigenvalue weighted by molar-refractivity contribution is 7.89. The zero-order valence-corrected chi connectivity index (χ0v) is 11.6. The topological polar surface area (TPSA) is 91.6 Å². The molecule has 7 nitrogen and oxygen atoms in total. The smallest absolute Gasteiger partial charge is 0.267 e. The lowest BCUT2D eigenvalue weighted by Gasteiger charge is -2.14. The van der Waals surface area contributed by atoms with Crippen molar-refractivity contribution in [2.45, 2.75) is 17.4 Å². The van der Waals surface area contributed by atoms with Gasteiger partial charge < -0.3 is 15.0 Å². The maximum atomic E-state index is 12.3. The predicted octanol–water partition coefficient (Wildman–Crippen LogP) is -0.860. The molecule has 0 radical (unpaired) electrons. The number of β-amino-alcohol motifs (C(OH)–C–C–N with tert-alkyl or cyclic N) is 1. The zero-order valence-electron chi connectivity index (χ0n) is 10.8. The van der Waals surface area contributed by atoms with Gasteiger partial charge >= 0.3 is 0 Å². The SMILES string of the molecule is CNC(=O)c1cc(S(=O)(=O)N2CC[C@H](O)C2)cn1C. The minimum Gasteiger partial charge on any atom is -0.392 e. The van der Waals surface area contributed by atoms with Gasteiger partial charge in [-0.3, -0.25) is 4.79 Å². The number of nitrogens with one attached hydrogen (secondary N) is 1. The number of carbonyl (C=O) groups is 1. The highest BCUT2D eigenvalue weighted by atomic mass is 32.2. The summed E-state index contributed by atoms with van der Waals surface area (Å²) in [7, 11) is -0.543. The first-order chi connectivity index (χ1) is 8.86. The monoisotopic (exact) mass is 287 g/mol. The Hall–Kier alpha value is -1.38. The minimum absolute atomic E-state index is 0.0719. The molecule has 1 atom stereocenters. The van der Waals surface area contributed by atoms with Gasteiger partial charge in [0.15, 0.2) is 0 Å². The lowest BCUT2D eigenvalue weighted by Crippen LogP contribution is -2.29. The molecule has 1 saturated heterocycles. The number of hydrogen-bond acceptors (Lipinski definition) is 4. The Morgan fingerprint density at radius 2 is 2.21 bits per heavy atom. The summed E-state index contributed by atoms with van der Waals surface area (Å²) in [6, 6.07) is 1.35. The molecule has 1 fully saturated rings. The standard InChI is InChI=1S/C11H17N3O4S/c1-12-11(16)10-5-9(7-13(10)2)19(17,18)14-4-3-8(15)6-14/h5,7-8,15H,3-4,6H2,1-2H3,(H,12,16)/t8-/m0/s1. The molecular weight excluding hydrogens is 270 g/mol. The van der Waals surface area contributed by atoms with Gasteiger partial charge in [-0.15, -0.1) is 0 Å². The van der Waals surface area contributed by atoms with Crippen molar-refractivity contribution in [1.82, 2.24) is 14.2 Å². The molecule has 1 aromatic heterocycles. The van der Waals surface area contributed by atoms with E-state index in [4.69, 9.17) is 0 Å². The van der Waals surface area contributed by atoms with Crippen molar-refractivity contribution in [1.29, 1.82) is 0 Å². The van der Waals surface area contributed by atoms with E-state index in [2.05, 4.69) is 5.32 Å². The molecule has 0 unspecified atom stereocenters. The summed E-state index contributed by atoms with van der Waals surface area (Å²) in [4.78, 5) is 11.6. The fraction of sp³-hybridized carbons (Fsp3) is 0.545. The molecule has 8 heteroatoms. The number of carbonyl (C=O) groups excluding carboxylic acids is 1. The molecule has 0 aromatic carbocycles. The molecular formula is C11H17N3O4S. The van der Waals surface area contributed by atoms with Crippen LogP contribution in [0.5, 0.6) is 0 Å². The summed E-state index contributed by atoms with van der Waals surface area (Å²) >= 11 is 0. The van der Waals surface area contributed by atoms with E-state index < -0.39 is 16.1 Å². The second kappa shape index (κ2) is 4.95. The number of sulfonamides is 1. The maximum Gasteiger partial charge on any atom is 0.267 e. The Balaban J connectivity index is 2.34. The quantitative estimate of drug-likeness (QED) is 0.757. The van der Waals surface area contributed by atoms with E-state index in [1.807, 2.05) is 0 Å². The number of nitrogens with zero attached hydrogens (tertiary/aromatic N) is 2. The van der Waals surface area contributed by atoms with E-state index >= 15 is 0 Å². The second-order valence-corrected chi connectivity index (χ2v) is 6.49. The van der Waals surface area contributed by atoms with Crippen molar-refractivity contribution < 1.29 is 18.3 Å². The van der Waals surface area contributed by atoms with Crippen molar-refractivity contribution in [3.8, 4) is 0 Å². The summed E-state index contributed by atoms with van der Waals surface area (Å²) < 4.78 is 27.4. The molecule has 0 saturated carbocycles. The fourth-order valence-corrected chi connectivity index (χ4v) is 3.67. The summed E-state index contributed by atoms with van der Waals surface area (Å²) in [5.74, 6) is -0.342. The van der Waals surface area contributed by atoms with E-state index in [1.54, 1.807) is 7.05 Å². The fourth-order valence-electron chi connectivity index (χ4n) is 2.11. The van der Waals surface area contributed by atoms with Crippen LogP contribution >= 0.6 is 0 Å². The molecule has 1 amide bonds. The zero-order chi connectivity index (χ0) is 14.2. The van der Waals surface area contributed by atoms with E-state index in [9.17, 15) is 18.3 Å². The Labute approximate surface area is 111 Å². The van der Waals surface area contributed by atoms with Crippen LogP contribution in [0.15, 0.2) is 17.2 Å². The minimum atomic E-state index is -3.64. The number of aromatic nitrogens is 1. The maximum absolute atomic E-state index is 12.3. The third kappa shape index (κ3) is 2.51. The Bertz CT molecular complexity index is 593. The Kier molecular flexibility index (Phi) is 3.66. The van der Waals surface area contributed by atoms with Crippen molar-refractivity contribution in [2.75, 3.05) is 20.1 Å². The van der Waals surface area contributed by atoms with Crippen LogP contribution < -0.4 is 5.32 Å². The van der Waals surface area contributed by atoms with Crippen LogP contribution in [-0.2, 0) is 17.1 Å². The van der Waals surface area contributed by atoms with Gasteiger partial charge in [0.1, 0.15) is 10.6 Å². The third-order valence-corrected chi connectivity index (χ3v) is 5.03. The van der Waals surface area contributed by atoms with Crippen molar-refractivity contribution in [3.63, 3.8) is 0 Å². The van der Waals surface area contributed by atoms with Crippen LogP contribution in [0.3, 0.4) is 0 Å². The summed E-state index contributed by atoms with van der Waals surface area (Å²) in [6.07, 6.45) is 1.23. The van der Waals surface area contributed by atoms with Crippen molar-refractivity contribution in [2.24, 2.45) is 7.05 Å². The molecule has 0 spiro atoms. The first-order valence-corrected chi connectivity index (χ1v) is 7.37. The van der Waals surface area contributed by atoms with Gasteiger partial charge in [-0.25, -0.2) is 8.42 Å². The summed E-state index contributed by atoms with van der Waals surface area (Å²) in [6.45, 7) is 0.403. The van der Waals surface area contributed by atoms with E-state index in [-0.39, 0.29) is 23.0 Å². The van der Waals surface area contributed by atoms with Gasteiger partial charge in [0.2, 0.25) is 10.0 Å². The predicted molar refractivity (Wildman–Crippen MR) is 68.2 cm³/mol. The number of aliphatic hydroxyl groups excluding tert-OH is 1. The second-order valence-electron chi connectivity index (χ2n) is 4.56. The molecule has 0 aliphatic carbocycles. The van der Waals surface area contributed by atoms with Gasteiger partial charge in [-0.1, -0.05) is 0 Å². The first-order valence-electron chi connectivity index (χ1n) is 5.93. The molecule has 2 N–H and O–H groups in total. The van der Waals surface area contributed by atoms with E-state index in [0.29, 0.717) is 13.0 Å². The average molecular weight is 287 g/mol. The third-order valence-electron chi connectivity index (χ3n) is 3.20. The van der Waals surface area contributed by atoms with Gasteiger partial charge in [0, 0.05) is 33.4 Å². The van der Waals surface area contributed by atoms with Crippen LogP contribution in [0, 0.1) is 0 Å². The van der Waals surface area contributed by atoms with Crippen molar-refractivity contribution in [3.05, 3.63) is 18.0 Å². The van der Waals surface area contributed by atoms with Gasteiger partial charge in [-0.2, -0.15) is 4.31 Å². The van der Waals surface area contributed by atoms with E-state index in [0.717, 1.165) is 0 Å². The summed E-state index contributed by atoms with van der Waals surface area (Å²) in [5, 5.41) is 11.9. The molecule has 1 aromatic rings. The van der Waals surface area contributed by atoms with Gasteiger partial charge in [0.25, 0.3) is 5.91 Å². The molecule has 1 aliphatic heterocycles. The number of aliphatic hydroxyl groups is 1. The lowest BCUT2D eigenvalue weighted by atomic mass is 10.3. The highest BCUT2D eigenvalue weighted by Crippen LogP contribution is 2.22. The number of hydrogen-bond donors (Lipinski definition) is 2. The van der Waals surface area contributed by atoms with Gasteiger partial charge in [0.05, 0.1) is 6.10 Å². The first kappa shape index (κ1) is 14.0. The molecule has 19 heavy (non-hydrogen) atoms. The molecule has 106 valence electrons. The van der Waals surface area contributed by atoms with Crippen LogP contribution in [-0.4, -0.2) is 54.5 Å². The molecule has 2 heterocycles. The summed E-state index contributed by atoms with van der Waals surface area (Å²) in [5.41, 5.74) is 0.279. The Morgan fingerprint density at radius 1 is 1.53 bits per heavy atom. The van der Waals surface area contributed by atoms with Crippen LogP contribution in [0.25, 0.3) is 0 Å². The normalized spacial score (nSPS) is 20.7. The van der Waals surface area contributed by atoms with Crippen LogP contribution in [0.2, 0.25) is 0 Å². The van der Waals surface area contributed by atoms with Gasteiger partial charge in [-0.05, 0) is 12.5 Å². The largest absolute Gasteiger partial charge is 0.392 e. The molecule has 0 bridgehead atoms. The van der Waals surface area contributed by atoms with Crippen LogP contribution in [0.1, 0.15) is 16.9 Å². The number of aryl methyl sites for hydroxylation is 1. The van der Waals surface area contributed by atoms with E-state index in [1.165, 1.54) is 28.2 Å². The highest BCUT2D eigenvalue weighted by Gasteiger charge is 2.32. The number of amides is 1. The molecule has 1 aliphatic rings. The Morgan fingerprint density at radius 3 is 2.74 bits per heavy atom. The van der Waals surface area contributed by atoms with Crippen molar-refractivity contribution >= 4 is 15.9 Å². The average Bonchev–Trinajstić information content (AvgIpc) is 2.95. The number of rotatable bonds is 3. The molecule has 2 rings (SSSR count). The lowest BCUT2D eigenvalue weighted by molar-refractivity contribution is 0.0955. The van der Waals surface area contributed by atoms with Crippen LogP contribution in [0.4, 0.5) is 0 Å².